The van der Waals surface area contributed by atoms with Crippen LogP contribution >= 0.6 is 11.3 Å². The minimum atomic E-state index is -0.873. The van der Waals surface area contributed by atoms with Gasteiger partial charge in [0.05, 0.1) is 11.1 Å². The highest BCUT2D eigenvalue weighted by Gasteiger charge is 2.43. The molecule has 0 saturated heterocycles. The molecule has 0 unspecified atom stereocenters. The van der Waals surface area contributed by atoms with Crippen molar-refractivity contribution in [3.63, 3.8) is 0 Å². The number of hydrogen-bond acceptors (Lipinski definition) is 4. The van der Waals surface area contributed by atoms with E-state index in [0.29, 0.717) is 23.9 Å². The van der Waals surface area contributed by atoms with Crippen molar-refractivity contribution in [3.05, 3.63) is 11.1 Å². The Balaban J connectivity index is 1.99. The number of nitrogens with one attached hydrogen (secondary N) is 1. The molecule has 6 heteroatoms. The first-order valence-electron chi connectivity index (χ1n) is 6.92. The van der Waals surface area contributed by atoms with E-state index in [1.165, 1.54) is 11.3 Å². The molecule has 0 bridgehead atoms. The van der Waals surface area contributed by atoms with Crippen molar-refractivity contribution < 1.29 is 14.7 Å². The van der Waals surface area contributed by atoms with E-state index in [4.69, 9.17) is 0 Å². The van der Waals surface area contributed by atoms with Crippen molar-refractivity contribution in [2.45, 2.75) is 51.9 Å². The summed E-state index contributed by atoms with van der Waals surface area (Å²) in [4.78, 5) is 27.8. The summed E-state index contributed by atoms with van der Waals surface area (Å²) < 4.78 is 0. The Hall–Kier alpha value is -1.43. The number of carboxylic acid groups (broad SMARTS) is 1. The summed E-state index contributed by atoms with van der Waals surface area (Å²) in [5, 5.41) is 14.6. The molecule has 1 amide bonds. The van der Waals surface area contributed by atoms with Crippen LogP contribution in [0.15, 0.2) is 5.38 Å². The Morgan fingerprint density at radius 1 is 1.45 bits per heavy atom. The second-order valence-electron chi connectivity index (χ2n) is 5.75. The van der Waals surface area contributed by atoms with Gasteiger partial charge in [0.2, 0.25) is 5.91 Å². The van der Waals surface area contributed by atoms with Crippen molar-refractivity contribution in [2.24, 2.45) is 5.41 Å². The summed E-state index contributed by atoms with van der Waals surface area (Å²) in [5.74, 6) is -0.789. The van der Waals surface area contributed by atoms with E-state index in [0.717, 1.165) is 18.5 Å². The Morgan fingerprint density at radius 3 is 2.60 bits per heavy atom. The smallest absolute Gasteiger partial charge is 0.310 e. The predicted octanol–water partition coefficient (Wildman–Crippen LogP) is 3.24. The van der Waals surface area contributed by atoms with Crippen molar-refractivity contribution in [1.82, 2.24) is 4.98 Å². The summed E-state index contributed by atoms with van der Waals surface area (Å²) in [6, 6.07) is 0. The fourth-order valence-corrected chi connectivity index (χ4v) is 3.49. The van der Waals surface area contributed by atoms with Gasteiger partial charge in [-0.25, -0.2) is 4.98 Å². The van der Waals surface area contributed by atoms with Gasteiger partial charge in [0.25, 0.3) is 0 Å². The predicted molar refractivity (Wildman–Crippen MR) is 78.0 cm³/mol. The van der Waals surface area contributed by atoms with Gasteiger partial charge in [-0.05, 0) is 18.8 Å². The van der Waals surface area contributed by atoms with Crippen LogP contribution in [-0.4, -0.2) is 22.0 Å². The van der Waals surface area contributed by atoms with Gasteiger partial charge in [-0.3, -0.25) is 9.59 Å². The van der Waals surface area contributed by atoms with E-state index in [-0.39, 0.29) is 12.3 Å². The lowest BCUT2D eigenvalue weighted by atomic mass is 9.82. The molecule has 1 aromatic heterocycles. The van der Waals surface area contributed by atoms with Gasteiger partial charge in [0, 0.05) is 11.8 Å². The third kappa shape index (κ3) is 3.17. The van der Waals surface area contributed by atoms with Crippen LogP contribution in [0.25, 0.3) is 0 Å². The van der Waals surface area contributed by atoms with E-state index in [1.807, 2.05) is 19.2 Å². The number of carbonyl (C=O) groups excluding carboxylic acids is 1. The highest BCUT2D eigenvalue weighted by molar-refractivity contribution is 7.13. The first-order chi connectivity index (χ1) is 9.43. The highest BCUT2D eigenvalue weighted by Crippen LogP contribution is 2.41. The van der Waals surface area contributed by atoms with Crippen LogP contribution in [0, 0.1) is 5.41 Å². The number of hydrogen-bond donors (Lipinski definition) is 2. The molecular weight excluding hydrogens is 276 g/mol. The van der Waals surface area contributed by atoms with Gasteiger partial charge in [0.1, 0.15) is 0 Å². The number of rotatable bonds is 5. The maximum atomic E-state index is 12.0. The minimum absolute atomic E-state index is 0.0406. The number of aliphatic carboxylic acids is 1. The SMILES string of the molecule is CC(C)c1csc(NC(=O)CC2(C(=O)O)CCCC2)n1. The van der Waals surface area contributed by atoms with Gasteiger partial charge in [-0.2, -0.15) is 0 Å². The van der Waals surface area contributed by atoms with Crippen LogP contribution in [0.3, 0.4) is 0 Å². The van der Waals surface area contributed by atoms with Crippen LogP contribution < -0.4 is 5.32 Å². The van der Waals surface area contributed by atoms with Gasteiger partial charge >= 0.3 is 5.97 Å². The third-order valence-electron chi connectivity index (χ3n) is 3.87. The Kier molecular flexibility index (Phi) is 4.42. The number of aromatic nitrogens is 1. The van der Waals surface area contributed by atoms with E-state index < -0.39 is 11.4 Å². The third-order valence-corrected chi connectivity index (χ3v) is 4.65. The van der Waals surface area contributed by atoms with E-state index in [1.54, 1.807) is 0 Å². The molecule has 1 aromatic rings. The summed E-state index contributed by atoms with van der Waals surface area (Å²) >= 11 is 1.38. The molecule has 2 N–H and O–H groups in total. The van der Waals surface area contributed by atoms with Crippen LogP contribution in [0.5, 0.6) is 0 Å². The number of nitrogens with zero attached hydrogens (tertiary/aromatic N) is 1. The summed E-state index contributed by atoms with van der Waals surface area (Å²) in [6.45, 7) is 4.08. The van der Waals surface area contributed by atoms with Crippen LogP contribution in [0.1, 0.15) is 57.6 Å². The number of anilines is 1. The molecular formula is C14H20N2O3S. The quantitative estimate of drug-likeness (QED) is 0.874. The summed E-state index contributed by atoms with van der Waals surface area (Å²) in [5.41, 5.74) is 0.0708. The van der Waals surface area contributed by atoms with Crippen LogP contribution in [0.2, 0.25) is 0 Å². The van der Waals surface area contributed by atoms with Crippen molar-refractivity contribution >= 4 is 28.3 Å². The van der Waals surface area contributed by atoms with Gasteiger partial charge in [-0.1, -0.05) is 26.7 Å². The standard InChI is InChI=1S/C14H20N2O3S/c1-9(2)10-8-20-13(15-10)16-11(17)7-14(12(18)19)5-3-4-6-14/h8-9H,3-7H2,1-2H3,(H,18,19)(H,15,16,17). The Bertz CT molecular complexity index is 504. The molecule has 1 fully saturated rings. The minimum Gasteiger partial charge on any atom is -0.481 e. The second-order valence-corrected chi connectivity index (χ2v) is 6.61. The molecule has 0 spiro atoms. The molecule has 110 valence electrons. The summed E-state index contributed by atoms with van der Waals surface area (Å²) in [7, 11) is 0. The van der Waals surface area contributed by atoms with Gasteiger partial charge in [-0.15, -0.1) is 11.3 Å². The van der Waals surface area contributed by atoms with E-state index in [2.05, 4.69) is 10.3 Å². The zero-order valence-electron chi connectivity index (χ0n) is 11.8. The Labute approximate surface area is 122 Å². The normalized spacial score (nSPS) is 17.4. The molecule has 0 aromatic carbocycles. The van der Waals surface area contributed by atoms with Crippen LogP contribution in [0.4, 0.5) is 5.13 Å². The number of carbonyl (C=O) groups is 2. The molecule has 1 aliphatic rings. The largest absolute Gasteiger partial charge is 0.481 e. The fourth-order valence-electron chi connectivity index (χ4n) is 2.60. The Morgan fingerprint density at radius 2 is 2.10 bits per heavy atom. The van der Waals surface area contributed by atoms with Crippen molar-refractivity contribution in [2.75, 3.05) is 5.32 Å². The molecule has 0 atom stereocenters. The lowest BCUT2D eigenvalue weighted by Gasteiger charge is -2.22. The van der Waals surface area contributed by atoms with Gasteiger partial charge in [0.15, 0.2) is 5.13 Å². The van der Waals surface area contributed by atoms with Gasteiger partial charge < -0.3 is 10.4 Å². The first kappa shape index (κ1) is 15.0. The molecule has 5 nitrogen and oxygen atoms in total. The van der Waals surface area contributed by atoms with Crippen molar-refractivity contribution in [3.8, 4) is 0 Å². The first-order valence-corrected chi connectivity index (χ1v) is 7.79. The second kappa shape index (κ2) is 5.91. The molecule has 0 radical (unpaired) electrons. The molecule has 2 rings (SSSR count). The molecule has 1 aliphatic carbocycles. The highest BCUT2D eigenvalue weighted by atomic mass is 32.1. The van der Waals surface area contributed by atoms with Crippen molar-refractivity contribution in [1.29, 1.82) is 0 Å². The van der Waals surface area contributed by atoms with E-state index >= 15 is 0 Å². The number of thiazole rings is 1. The fraction of sp³-hybridized carbons (Fsp3) is 0.643. The lowest BCUT2D eigenvalue weighted by Crippen LogP contribution is -2.32. The average Bonchev–Trinajstić information content (AvgIpc) is 2.98. The molecule has 1 heterocycles. The zero-order valence-corrected chi connectivity index (χ0v) is 12.6. The zero-order chi connectivity index (χ0) is 14.8. The maximum absolute atomic E-state index is 12.0. The van der Waals surface area contributed by atoms with Crippen LogP contribution in [-0.2, 0) is 9.59 Å². The average molecular weight is 296 g/mol. The number of carboxylic acids is 1. The molecule has 20 heavy (non-hydrogen) atoms. The van der Waals surface area contributed by atoms with E-state index in [9.17, 15) is 14.7 Å². The maximum Gasteiger partial charge on any atom is 0.310 e. The lowest BCUT2D eigenvalue weighted by molar-refractivity contribution is -0.150. The number of amides is 1. The monoisotopic (exact) mass is 296 g/mol. The topological polar surface area (TPSA) is 79.3 Å². The summed E-state index contributed by atoms with van der Waals surface area (Å²) in [6.07, 6.45) is 2.98. The molecule has 1 saturated carbocycles. The molecule has 0 aliphatic heterocycles.